The van der Waals surface area contributed by atoms with Crippen molar-refractivity contribution >= 4 is 40.5 Å². The number of aliphatic imine (C=N–C) groups is 1. The number of rotatable bonds is 8. The molecule has 2 aromatic carbocycles. The average Bonchev–Trinajstić information content (AvgIpc) is 3.50. The molecule has 224 valence electrons. The number of aromatic nitrogens is 1. The van der Waals surface area contributed by atoms with Crippen LogP contribution in [0, 0.1) is 13.8 Å². The summed E-state index contributed by atoms with van der Waals surface area (Å²) in [5.41, 5.74) is 4.56. The van der Waals surface area contributed by atoms with Crippen LogP contribution in [0.2, 0.25) is 5.02 Å². The van der Waals surface area contributed by atoms with Crippen LogP contribution < -0.4 is 15.6 Å². The number of amides is 2. The van der Waals surface area contributed by atoms with Gasteiger partial charge in [-0.2, -0.15) is 0 Å². The number of hydrogen-bond donors (Lipinski definition) is 3. The Hall–Kier alpha value is -3.99. The van der Waals surface area contributed by atoms with Gasteiger partial charge in [-0.25, -0.2) is 0 Å². The number of piperidine rings is 1. The van der Waals surface area contributed by atoms with Gasteiger partial charge in [-0.05, 0) is 76.2 Å². The lowest BCUT2D eigenvalue weighted by atomic mass is 10.00. The van der Waals surface area contributed by atoms with Crippen LogP contribution in [0.4, 0.5) is 11.4 Å². The molecule has 1 saturated heterocycles. The predicted molar refractivity (Wildman–Crippen MR) is 165 cm³/mol. The maximum Gasteiger partial charge on any atom is 0.263 e. The molecule has 0 radical (unpaired) electrons. The van der Waals surface area contributed by atoms with Gasteiger partial charge in [-0.1, -0.05) is 29.3 Å². The fourth-order valence-corrected chi connectivity index (χ4v) is 6.44. The lowest BCUT2D eigenvalue weighted by molar-refractivity contribution is 0.0516. The quantitative estimate of drug-likeness (QED) is 0.334. The van der Waals surface area contributed by atoms with Crippen LogP contribution in [-0.2, 0) is 6.42 Å². The molecule has 3 N–H and O–H groups in total. The third-order valence-electron chi connectivity index (χ3n) is 8.40. The van der Waals surface area contributed by atoms with Crippen LogP contribution in [0.5, 0.6) is 5.75 Å². The monoisotopic (exact) mass is 603 g/mol. The van der Waals surface area contributed by atoms with Crippen molar-refractivity contribution in [2.24, 2.45) is 4.99 Å². The van der Waals surface area contributed by atoms with Gasteiger partial charge in [0.15, 0.2) is 0 Å². The zero-order valence-electron chi connectivity index (χ0n) is 24.4. The highest BCUT2D eigenvalue weighted by Gasteiger charge is 2.44. The van der Waals surface area contributed by atoms with Crippen molar-refractivity contribution < 1.29 is 19.4 Å². The minimum atomic E-state index is -0.850. The van der Waals surface area contributed by atoms with E-state index in [1.807, 2.05) is 39.1 Å². The molecule has 1 aromatic heterocycles. The number of likely N-dealkylation sites (tertiary alicyclic amines) is 1. The summed E-state index contributed by atoms with van der Waals surface area (Å²) in [5.74, 6) is -0.0117. The molecule has 2 amide bonds. The summed E-state index contributed by atoms with van der Waals surface area (Å²) < 4.78 is 5.80. The van der Waals surface area contributed by atoms with Gasteiger partial charge >= 0.3 is 0 Å². The molecule has 0 bridgehead atoms. The number of aliphatic hydroxyl groups is 1. The van der Waals surface area contributed by atoms with Crippen molar-refractivity contribution in [3.63, 3.8) is 0 Å². The van der Waals surface area contributed by atoms with E-state index in [1.165, 1.54) is 11.1 Å². The molecule has 11 heteroatoms. The minimum Gasteiger partial charge on any atom is -0.491 e. The number of aryl methyl sites for hydroxylation is 2. The van der Waals surface area contributed by atoms with Crippen molar-refractivity contribution in [3.8, 4) is 5.75 Å². The molecule has 10 nitrogen and oxygen atoms in total. The van der Waals surface area contributed by atoms with Gasteiger partial charge < -0.3 is 25.0 Å². The van der Waals surface area contributed by atoms with Gasteiger partial charge in [0, 0.05) is 25.2 Å². The molecule has 3 aliphatic heterocycles. The Balaban J connectivity index is 1.20. The number of imide groups is 1. The molecule has 0 saturated carbocycles. The Labute approximate surface area is 254 Å². The van der Waals surface area contributed by atoms with E-state index in [0.717, 1.165) is 37.1 Å². The van der Waals surface area contributed by atoms with E-state index in [-0.39, 0.29) is 59.1 Å². The molecule has 1 fully saturated rings. The van der Waals surface area contributed by atoms with E-state index in [4.69, 9.17) is 21.3 Å². The second-order valence-electron chi connectivity index (χ2n) is 11.6. The molecule has 0 aliphatic carbocycles. The first kappa shape index (κ1) is 29.1. The van der Waals surface area contributed by atoms with Gasteiger partial charge in [0.2, 0.25) is 0 Å². The number of carbonyl (C=O) groups excluding carboxylic acids is 2. The van der Waals surface area contributed by atoms with E-state index < -0.39 is 6.10 Å². The number of halogens is 1. The molecule has 6 rings (SSSR count). The van der Waals surface area contributed by atoms with Crippen molar-refractivity contribution in [1.29, 1.82) is 0 Å². The third-order valence-corrected chi connectivity index (χ3v) is 8.77. The number of nitrogens with zero attached hydrogens (tertiary/aromatic N) is 3. The number of hydrogen-bond acceptors (Lipinski definition) is 8. The topological polar surface area (TPSA) is 127 Å². The average molecular weight is 604 g/mol. The van der Waals surface area contributed by atoms with Crippen LogP contribution >= 0.6 is 11.6 Å². The van der Waals surface area contributed by atoms with E-state index >= 15 is 0 Å². The number of nitrogens with one attached hydrogen (secondary N) is 2. The first-order valence-corrected chi connectivity index (χ1v) is 14.8. The molecular weight excluding hydrogens is 570 g/mol. The smallest absolute Gasteiger partial charge is 0.263 e. The predicted octanol–water partition coefficient (Wildman–Crippen LogP) is 3.86. The number of ether oxygens (including phenoxy) is 1. The second-order valence-corrected chi connectivity index (χ2v) is 12.0. The van der Waals surface area contributed by atoms with Gasteiger partial charge in [-0.15, -0.1) is 0 Å². The van der Waals surface area contributed by atoms with Crippen molar-refractivity contribution in [1.82, 2.24) is 14.8 Å². The number of benzene rings is 2. The second kappa shape index (κ2) is 11.6. The molecule has 3 aromatic rings. The molecule has 0 unspecified atom stereocenters. The Morgan fingerprint density at radius 1 is 1.12 bits per heavy atom. The van der Waals surface area contributed by atoms with Gasteiger partial charge in [-0.3, -0.25) is 24.3 Å². The summed E-state index contributed by atoms with van der Waals surface area (Å²) in [4.78, 5) is 50.8. The van der Waals surface area contributed by atoms with Crippen LogP contribution in [0.1, 0.15) is 55.8 Å². The number of carbonyl (C=O) groups is 2. The van der Waals surface area contributed by atoms with Crippen LogP contribution in [0.3, 0.4) is 0 Å². The van der Waals surface area contributed by atoms with E-state index in [0.29, 0.717) is 34.0 Å². The van der Waals surface area contributed by atoms with E-state index in [2.05, 4.69) is 15.2 Å². The van der Waals surface area contributed by atoms with Gasteiger partial charge in [0.05, 0.1) is 38.8 Å². The molecule has 0 spiro atoms. The van der Waals surface area contributed by atoms with E-state index in [9.17, 15) is 19.5 Å². The van der Waals surface area contributed by atoms with Crippen molar-refractivity contribution in [2.75, 3.05) is 38.6 Å². The lowest BCUT2D eigenvalue weighted by Gasteiger charge is -2.33. The SMILES string of the molecule is Cc1ccc(OC[C@H](O)CNc2cc[nH]c(=O)c2C2=Nc3c(cc4c(c3Cl)C(=O)N(C3CCN(C)CC3)C4=O)C2)c(C)c1. The first-order valence-electron chi connectivity index (χ1n) is 14.5. The van der Waals surface area contributed by atoms with Gasteiger partial charge in [0.25, 0.3) is 17.4 Å². The molecular formula is C32H34ClN5O5. The number of pyridine rings is 1. The Kier molecular flexibility index (Phi) is 7.85. The highest BCUT2D eigenvalue weighted by atomic mass is 35.5. The zero-order valence-corrected chi connectivity index (χ0v) is 25.1. The number of fused-ring (bicyclic) bond motifs is 2. The van der Waals surface area contributed by atoms with Crippen molar-refractivity contribution in [3.05, 3.63) is 85.3 Å². The molecule has 4 heterocycles. The zero-order chi connectivity index (χ0) is 30.4. The van der Waals surface area contributed by atoms with Gasteiger partial charge in [0.1, 0.15) is 18.5 Å². The first-order chi connectivity index (χ1) is 20.6. The standard InChI is InChI=1S/C32H34ClN5O5/c1-17-4-5-25(18(2)12-17)43-16-21(39)15-35-23-6-9-34-30(40)27(23)24-14-19-13-22-26(28(33)29(19)36-24)32(42)38(31(22)41)20-7-10-37(3)11-8-20/h4-6,9,12-13,20-21,39H,7-8,10-11,14-16H2,1-3H3,(H2,34,35,40)/t21-/m1/s1. The highest BCUT2D eigenvalue weighted by Crippen LogP contribution is 2.43. The molecule has 1 atom stereocenters. The van der Waals surface area contributed by atoms with Crippen LogP contribution in [0.25, 0.3) is 0 Å². The fourth-order valence-electron chi connectivity index (χ4n) is 6.10. The van der Waals surface area contributed by atoms with Crippen molar-refractivity contribution in [2.45, 2.75) is 45.3 Å². The third kappa shape index (κ3) is 5.46. The summed E-state index contributed by atoms with van der Waals surface area (Å²) in [7, 11) is 2.03. The molecule has 43 heavy (non-hydrogen) atoms. The number of H-pyrrole nitrogens is 1. The minimum absolute atomic E-state index is 0.0691. The number of anilines is 1. The summed E-state index contributed by atoms with van der Waals surface area (Å²) in [6.07, 6.45) is 2.38. The largest absolute Gasteiger partial charge is 0.491 e. The number of aliphatic hydroxyl groups excluding tert-OH is 1. The fraction of sp³-hybridized carbons (Fsp3) is 0.375. The van der Waals surface area contributed by atoms with Crippen LogP contribution in [0.15, 0.2) is 46.3 Å². The normalized spacial score (nSPS) is 17.6. The highest BCUT2D eigenvalue weighted by molar-refractivity contribution is 6.40. The Morgan fingerprint density at radius 3 is 2.63 bits per heavy atom. The Morgan fingerprint density at radius 2 is 1.88 bits per heavy atom. The molecule has 3 aliphatic rings. The summed E-state index contributed by atoms with van der Waals surface area (Å²) in [6.45, 7) is 5.79. The van der Waals surface area contributed by atoms with Crippen LogP contribution in [-0.4, -0.2) is 82.9 Å². The maximum absolute atomic E-state index is 13.5. The lowest BCUT2D eigenvalue weighted by Crippen LogP contribution is -2.46. The Bertz CT molecular complexity index is 1710. The summed E-state index contributed by atoms with van der Waals surface area (Å²) >= 11 is 6.76. The van der Waals surface area contributed by atoms with E-state index in [1.54, 1.807) is 12.1 Å². The number of aromatic amines is 1. The maximum atomic E-state index is 13.5. The summed E-state index contributed by atoms with van der Waals surface area (Å²) in [5, 5.41) is 13.9. The summed E-state index contributed by atoms with van der Waals surface area (Å²) in [6, 6.07) is 9.08.